The lowest BCUT2D eigenvalue weighted by Gasteiger charge is -2.22. The Morgan fingerprint density at radius 3 is 0.875 bits per heavy atom. The van der Waals surface area contributed by atoms with Crippen LogP contribution in [0, 0.1) is 0 Å². The van der Waals surface area contributed by atoms with Crippen LogP contribution in [0.2, 0.25) is 0 Å². The lowest BCUT2D eigenvalue weighted by atomic mass is 10.0. The molecular weight excluding hydrogens is 1080 g/mol. The van der Waals surface area contributed by atoms with Crippen molar-refractivity contribution in [3.63, 3.8) is 0 Å². The van der Waals surface area contributed by atoms with Crippen LogP contribution in [-0.4, -0.2) is 47.4 Å². The highest BCUT2D eigenvalue weighted by atomic mass is 16.5. The number of carbonyl (C=O) groups excluding carboxylic acids is 2. The summed E-state index contributed by atoms with van der Waals surface area (Å²) in [5.74, 6) is -0.00816. The number of esters is 1. The third kappa shape index (κ3) is 73.4. The van der Waals surface area contributed by atoms with Crippen molar-refractivity contribution in [3.05, 3.63) is 24.3 Å². The number of unbranched alkanes of at least 4 members (excludes halogenated alkanes) is 62. The van der Waals surface area contributed by atoms with E-state index in [0.29, 0.717) is 25.9 Å². The predicted octanol–water partition coefficient (Wildman–Crippen LogP) is 26.8. The van der Waals surface area contributed by atoms with E-state index in [1.807, 2.05) is 0 Å². The van der Waals surface area contributed by atoms with Gasteiger partial charge in [-0.05, 0) is 57.8 Å². The summed E-state index contributed by atoms with van der Waals surface area (Å²) in [6.07, 6.45) is 100. The van der Waals surface area contributed by atoms with Crippen LogP contribution in [0.15, 0.2) is 24.3 Å². The van der Waals surface area contributed by atoms with Gasteiger partial charge in [0.2, 0.25) is 5.91 Å². The van der Waals surface area contributed by atoms with Gasteiger partial charge in [0.1, 0.15) is 0 Å². The average Bonchev–Trinajstić information content (AvgIpc) is 3.59. The smallest absolute Gasteiger partial charge is 0.305 e. The van der Waals surface area contributed by atoms with E-state index in [0.717, 1.165) is 51.4 Å². The molecule has 0 saturated carbocycles. The molecule has 0 fully saturated rings. The van der Waals surface area contributed by atoms with Gasteiger partial charge < -0.3 is 20.3 Å². The van der Waals surface area contributed by atoms with Crippen molar-refractivity contribution in [1.82, 2.24) is 5.32 Å². The molecule has 0 spiro atoms. The first-order valence-electron chi connectivity index (χ1n) is 40.6. The standard InChI is InChI=1S/C82H159NO5/c1-3-5-7-9-11-13-15-17-19-21-44-48-52-56-60-64-68-72-76-82(87)88-77-73-69-65-61-57-53-49-45-42-40-38-36-34-32-30-28-26-24-22-23-25-27-29-31-33-35-37-39-41-43-47-51-55-59-63-67-71-75-81(86)83-79(78-84)80(85)74-70-66-62-58-54-50-46-20-18-16-14-12-10-8-6-4-2/h13,15,19,21,79-80,84-85H,3-12,14,16-18,20,22-78H2,1-2H3,(H,83,86)/b15-13-,21-19-. The van der Waals surface area contributed by atoms with Gasteiger partial charge in [-0.15, -0.1) is 0 Å². The molecule has 0 rings (SSSR count). The number of amides is 1. The van der Waals surface area contributed by atoms with Crippen molar-refractivity contribution in [2.75, 3.05) is 13.2 Å². The maximum Gasteiger partial charge on any atom is 0.305 e. The van der Waals surface area contributed by atoms with Gasteiger partial charge in [-0.3, -0.25) is 9.59 Å². The van der Waals surface area contributed by atoms with Gasteiger partial charge >= 0.3 is 5.97 Å². The Balaban J connectivity index is 3.29. The molecule has 3 N–H and O–H groups in total. The minimum Gasteiger partial charge on any atom is -0.466 e. The first-order chi connectivity index (χ1) is 43.5. The van der Waals surface area contributed by atoms with Gasteiger partial charge in [0.25, 0.3) is 0 Å². The molecule has 0 aromatic rings. The molecule has 88 heavy (non-hydrogen) atoms. The summed E-state index contributed by atoms with van der Waals surface area (Å²) in [7, 11) is 0. The number of hydrogen-bond acceptors (Lipinski definition) is 5. The monoisotopic (exact) mass is 1240 g/mol. The van der Waals surface area contributed by atoms with Crippen LogP contribution in [0.5, 0.6) is 0 Å². The maximum absolute atomic E-state index is 12.5. The molecule has 1 amide bonds. The van der Waals surface area contributed by atoms with Gasteiger partial charge in [0, 0.05) is 12.8 Å². The second kappa shape index (κ2) is 77.8. The molecule has 0 heterocycles. The van der Waals surface area contributed by atoms with E-state index in [2.05, 4.69) is 43.5 Å². The van der Waals surface area contributed by atoms with Crippen molar-refractivity contribution in [2.45, 2.75) is 475 Å². The molecule has 0 aliphatic carbocycles. The number of rotatable bonds is 77. The Labute approximate surface area is 551 Å². The highest BCUT2D eigenvalue weighted by molar-refractivity contribution is 5.76. The molecule has 2 unspecified atom stereocenters. The van der Waals surface area contributed by atoms with Gasteiger partial charge in [0.15, 0.2) is 0 Å². The molecule has 0 radical (unpaired) electrons. The van der Waals surface area contributed by atoms with Crippen LogP contribution in [0.3, 0.4) is 0 Å². The average molecular weight is 1240 g/mol. The molecular formula is C82H159NO5. The Morgan fingerprint density at radius 1 is 0.318 bits per heavy atom. The first-order valence-corrected chi connectivity index (χ1v) is 40.6. The van der Waals surface area contributed by atoms with Gasteiger partial charge in [-0.1, -0.05) is 417 Å². The van der Waals surface area contributed by atoms with Crippen molar-refractivity contribution >= 4 is 11.9 Å². The van der Waals surface area contributed by atoms with E-state index >= 15 is 0 Å². The number of nitrogens with one attached hydrogen (secondary N) is 1. The second-order valence-electron chi connectivity index (χ2n) is 28.1. The van der Waals surface area contributed by atoms with Gasteiger partial charge in [-0.25, -0.2) is 0 Å². The van der Waals surface area contributed by atoms with Crippen molar-refractivity contribution in [2.24, 2.45) is 0 Å². The van der Waals surface area contributed by atoms with Gasteiger partial charge in [0.05, 0.1) is 25.4 Å². The van der Waals surface area contributed by atoms with E-state index in [1.165, 1.54) is 379 Å². The van der Waals surface area contributed by atoms with E-state index in [-0.39, 0.29) is 18.5 Å². The normalized spacial score (nSPS) is 12.5. The molecule has 0 saturated heterocycles. The summed E-state index contributed by atoms with van der Waals surface area (Å²) in [5, 5.41) is 23.4. The Morgan fingerprint density at radius 2 is 0.568 bits per heavy atom. The number of aliphatic hydroxyl groups excluding tert-OH is 2. The Hall–Kier alpha value is -1.66. The summed E-state index contributed by atoms with van der Waals surface area (Å²) in [6, 6.07) is -0.537. The zero-order chi connectivity index (χ0) is 63.5. The summed E-state index contributed by atoms with van der Waals surface area (Å²) in [4.78, 5) is 24.7. The van der Waals surface area contributed by atoms with Crippen molar-refractivity contribution in [3.8, 4) is 0 Å². The molecule has 6 heteroatoms. The zero-order valence-electron chi connectivity index (χ0n) is 60.0. The lowest BCUT2D eigenvalue weighted by molar-refractivity contribution is -0.143. The summed E-state index contributed by atoms with van der Waals surface area (Å²) < 4.78 is 5.51. The number of allylic oxidation sites excluding steroid dienone is 4. The number of aliphatic hydroxyl groups is 2. The number of ether oxygens (including phenoxy) is 1. The highest BCUT2D eigenvalue weighted by Crippen LogP contribution is 2.20. The van der Waals surface area contributed by atoms with Gasteiger partial charge in [-0.2, -0.15) is 0 Å². The fraction of sp³-hybridized carbons (Fsp3) is 0.927. The minimum atomic E-state index is -0.660. The Kier molecular flexibility index (Phi) is 76.3. The fourth-order valence-corrected chi connectivity index (χ4v) is 13.1. The lowest BCUT2D eigenvalue weighted by Crippen LogP contribution is -2.45. The van der Waals surface area contributed by atoms with Crippen molar-refractivity contribution < 1.29 is 24.5 Å². The molecule has 0 bridgehead atoms. The molecule has 6 nitrogen and oxygen atoms in total. The van der Waals surface area contributed by atoms with Crippen LogP contribution in [0.25, 0.3) is 0 Å². The van der Waals surface area contributed by atoms with Crippen molar-refractivity contribution in [1.29, 1.82) is 0 Å². The van der Waals surface area contributed by atoms with E-state index in [1.54, 1.807) is 0 Å². The number of carbonyl (C=O) groups is 2. The predicted molar refractivity (Wildman–Crippen MR) is 389 cm³/mol. The molecule has 0 aliphatic rings. The van der Waals surface area contributed by atoms with Crippen LogP contribution in [0.1, 0.15) is 463 Å². The van der Waals surface area contributed by atoms with E-state index < -0.39 is 12.1 Å². The molecule has 0 aromatic heterocycles. The Bertz CT molecular complexity index is 1380. The molecule has 2 atom stereocenters. The molecule has 522 valence electrons. The van der Waals surface area contributed by atoms with Crippen LogP contribution in [0.4, 0.5) is 0 Å². The first kappa shape index (κ1) is 86.3. The highest BCUT2D eigenvalue weighted by Gasteiger charge is 2.20. The topological polar surface area (TPSA) is 95.9 Å². The SMILES string of the molecule is CCCCCC/C=C\C/C=C\CCCCCCCCCC(=O)OCCCCCCCCCCCCCCCCCCCCCCCCCCCCCCCCCCCCCCCC(=O)NC(CO)C(O)CCCCCCCCCCCCCCCCCC. The number of hydrogen-bond donors (Lipinski definition) is 3. The van der Waals surface area contributed by atoms with Crippen LogP contribution in [-0.2, 0) is 14.3 Å². The summed E-state index contributed by atoms with van der Waals surface area (Å²) >= 11 is 0. The third-order valence-electron chi connectivity index (χ3n) is 19.3. The second-order valence-corrected chi connectivity index (χ2v) is 28.1. The summed E-state index contributed by atoms with van der Waals surface area (Å²) in [5.41, 5.74) is 0. The quantitative estimate of drug-likeness (QED) is 0.0320. The van der Waals surface area contributed by atoms with E-state index in [9.17, 15) is 19.8 Å². The molecule has 0 aliphatic heterocycles. The minimum absolute atomic E-state index is 0.0169. The van der Waals surface area contributed by atoms with Crippen LogP contribution < -0.4 is 5.32 Å². The fourth-order valence-electron chi connectivity index (χ4n) is 13.1. The molecule has 0 aromatic carbocycles. The summed E-state index contributed by atoms with van der Waals surface area (Å²) in [6.45, 7) is 4.98. The third-order valence-corrected chi connectivity index (χ3v) is 19.3. The van der Waals surface area contributed by atoms with E-state index in [4.69, 9.17) is 4.74 Å². The zero-order valence-corrected chi connectivity index (χ0v) is 60.0. The van der Waals surface area contributed by atoms with Crippen LogP contribution >= 0.6 is 0 Å². The largest absolute Gasteiger partial charge is 0.466 e. The maximum atomic E-state index is 12.5.